The second-order valence-electron chi connectivity index (χ2n) is 21.0. The maximum atomic E-state index is 14.8. The molecule has 1 unspecified atom stereocenters. The van der Waals surface area contributed by atoms with E-state index in [1.54, 1.807) is 26.0 Å². The number of aromatic nitrogens is 2. The number of hydrazine groups is 1. The number of phenolic OH excluding ortho intramolecular Hbond substituents is 1. The van der Waals surface area contributed by atoms with E-state index in [0.717, 1.165) is 33.3 Å². The Hall–Kier alpha value is -6.28. The van der Waals surface area contributed by atoms with Crippen LogP contribution >= 0.6 is 0 Å². The van der Waals surface area contributed by atoms with Crippen LogP contribution in [0.1, 0.15) is 90.3 Å². The number of ether oxygens (including phenoxy) is 1. The largest absolute Gasteiger partial charge is 0.508 e. The first kappa shape index (κ1) is 51.6. The quantitative estimate of drug-likeness (QED) is 0.132. The number of likely N-dealkylation sites (N-methyl/N-ethyl adjacent to an activating group) is 1. The molecule has 374 valence electrons. The Kier molecular flexibility index (Phi) is 15.5. The van der Waals surface area contributed by atoms with Crippen molar-refractivity contribution in [3.63, 3.8) is 0 Å². The lowest BCUT2D eigenvalue weighted by Gasteiger charge is -2.37. The van der Waals surface area contributed by atoms with Crippen LogP contribution in [0.5, 0.6) is 5.75 Å². The molecule has 3 aliphatic rings. The van der Waals surface area contributed by atoms with Gasteiger partial charge in [-0.25, -0.2) is 5.43 Å². The third-order valence-electron chi connectivity index (χ3n) is 13.7. The fraction of sp³-hybridized carbons (Fsp3) is 0.519. The number of amides is 4. The number of hydrogen-bond donors (Lipinski definition) is 4. The highest BCUT2D eigenvalue weighted by molar-refractivity contribution is 5.98. The number of carbonyl (C=O) groups excluding carboxylic acids is 5. The standard InChI is InChI=1S/C54H70N8O8/c1-11-61-45-17-16-36-28-40(45)41(48(61)42-30-55-20-18-39(42)33(2)3)29-53(6,7)32-70-51(67)43-14-12-22-62(57-43)50(66)44(26-35-24-37(36)27-38(63)25-35)56-49(65)47(34(4)5)59(10)52(68)54(69)19-23-60(31-54)46(64)15-13-21-58(8)9/h16-18,20,24-25,27-28,30,33-34,43-44,47,57,63,69H,11-12,14,19,21-23,26,29,31-32H2,1-10H3,(H,56,65)/t43-,44-,47-,54?/m0/s1. The van der Waals surface area contributed by atoms with Gasteiger partial charge >= 0.3 is 5.97 Å². The molecule has 6 bridgehead atoms. The normalized spacial score (nSPS) is 21.1. The molecule has 2 fully saturated rings. The predicted octanol–water partition coefficient (Wildman–Crippen LogP) is 4.88. The zero-order valence-electron chi connectivity index (χ0n) is 42.4. The Bertz CT molecular complexity index is 2720. The van der Waals surface area contributed by atoms with Gasteiger partial charge in [0.05, 0.1) is 25.4 Å². The summed E-state index contributed by atoms with van der Waals surface area (Å²) in [6.45, 7) is 15.4. The third-order valence-corrected chi connectivity index (χ3v) is 13.7. The van der Waals surface area contributed by atoms with Gasteiger partial charge in [-0.05, 0) is 116 Å². The number of aliphatic hydroxyl groups is 1. The molecule has 16 nitrogen and oxygen atoms in total. The minimum Gasteiger partial charge on any atom is -0.508 e. The number of likely N-dealkylation sites (tertiary alicyclic amines) is 1. The van der Waals surface area contributed by atoms with Crippen LogP contribution in [-0.4, -0.2) is 147 Å². The smallest absolute Gasteiger partial charge is 0.324 e. The third kappa shape index (κ3) is 11.0. The highest BCUT2D eigenvalue weighted by Gasteiger charge is 2.48. The first-order valence-corrected chi connectivity index (χ1v) is 24.5. The van der Waals surface area contributed by atoms with Gasteiger partial charge < -0.3 is 34.6 Å². The summed E-state index contributed by atoms with van der Waals surface area (Å²) in [4.78, 5) is 79.4. The van der Waals surface area contributed by atoms with Crippen LogP contribution in [0.15, 0.2) is 54.9 Å². The van der Waals surface area contributed by atoms with Crippen LogP contribution in [0.25, 0.3) is 33.3 Å². The van der Waals surface area contributed by atoms with Crippen molar-refractivity contribution in [2.45, 2.75) is 117 Å². The molecule has 0 saturated carbocycles. The molecule has 0 spiro atoms. The molecule has 4 aromatic rings. The van der Waals surface area contributed by atoms with E-state index in [4.69, 9.17) is 4.74 Å². The molecule has 0 aliphatic carbocycles. The van der Waals surface area contributed by atoms with Crippen LogP contribution in [-0.2, 0) is 48.1 Å². The monoisotopic (exact) mass is 959 g/mol. The number of carbonyl (C=O) groups is 5. The number of fused-ring (bicyclic) bond motifs is 6. The zero-order valence-corrected chi connectivity index (χ0v) is 42.4. The van der Waals surface area contributed by atoms with Crippen LogP contribution in [0.3, 0.4) is 0 Å². The van der Waals surface area contributed by atoms with E-state index < -0.39 is 64.7 Å². The van der Waals surface area contributed by atoms with Gasteiger partial charge in [-0.3, -0.25) is 38.9 Å². The molecule has 16 heteroatoms. The molecule has 4 atom stereocenters. The molecule has 2 saturated heterocycles. The number of rotatable bonds is 9. The number of pyridine rings is 1. The van der Waals surface area contributed by atoms with E-state index in [1.165, 1.54) is 27.4 Å². The SMILES string of the molecule is CCn1c(-c2cnccc2C(C)C)c2c3cc(ccc31)-c1cc(O)cc(c1)C[C@H](NC(=O)[C@H](C(C)C)N(C)C(=O)C1(O)CCN(C(=O)C#CCN(C)C)C1)C(=O)N1CCC[C@H](N1)C(=O)OCC(C)(C)C2. The number of nitrogens with one attached hydrogen (secondary N) is 2. The minimum absolute atomic E-state index is 0.0325. The Labute approximate surface area is 411 Å². The molecule has 2 aromatic heterocycles. The van der Waals surface area contributed by atoms with Crippen molar-refractivity contribution in [3.8, 4) is 40.0 Å². The van der Waals surface area contributed by atoms with E-state index in [2.05, 4.69) is 85.0 Å². The van der Waals surface area contributed by atoms with Gasteiger partial charge in [0.25, 0.3) is 17.7 Å². The summed E-state index contributed by atoms with van der Waals surface area (Å²) in [5, 5.41) is 28.3. The van der Waals surface area contributed by atoms with Crippen LogP contribution in [0.4, 0.5) is 0 Å². The summed E-state index contributed by atoms with van der Waals surface area (Å²) < 4.78 is 8.43. The molecule has 3 aliphatic heterocycles. The molecule has 7 rings (SSSR count). The summed E-state index contributed by atoms with van der Waals surface area (Å²) in [6, 6.07) is 10.2. The van der Waals surface area contributed by atoms with Gasteiger partial charge in [0.15, 0.2) is 5.60 Å². The highest BCUT2D eigenvalue weighted by Crippen LogP contribution is 2.42. The average Bonchev–Trinajstić information content (AvgIpc) is 3.86. The van der Waals surface area contributed by atoms with Crippen molar-refractivity contribution in [1.29, 1.82) is 0 Å². The Morgan fingerprint density at radius 3 is 2.49 bits per heavy atom. The van der Waals surface area contributed by atoms with Crippen molar-refractivity contribution in [3.05, 3.63) is 71.5 Å². The van der Waals surface area contributed by atoms with Crippen LogP contribution in [0.2, 0.25) is 0 Å². The fourth-order valence-corrected chi connectivity index (χ4v) is 10.3. The maximum absolute atomic E-state index is 14.8. The molecule has 4 N–H and O–H groups in total. The number of aryl methyl sites for hydroxylation is 1. The topological polar surface area (TPSA) is 190 Å². The van der Waals surface area contributed by atoms with Crippen molar-refractivity contribution in [1.82, 2.24) is 40.0 Å². The first-order chi connectivity index (χ1) is 33.1. The molecule has 70 heavy (non-hydrogen) atoms. The van der Waals surface area contributed by atoms with Gasteiger partial charge in [0.1, 0.15) is 23.9 Å². The Morgan fingerprint density at radius 1 is 1.03 bits per heavy atom. The van der Waals surface area contributed by atoms with Crippen molar-refractivity contribution < 1.29 is 38.9 Å². The number of esters is 1. The number of hydrogen-bond acceptors (Lipinski definition) is 11. The summed E-state index contributed by atoms with van der Waals surface area (Å²) in [5.74, 6) is 2.16. The van der Waals surface area contributed by atoms with E-state index in [-0.39, 0.29) is 50.8 Å². The first-order valence-electron chi connectivity index (χ1n) is 24.5. The maximum Gasteiger partial charge on any atom is 0.324 e. The predicted molar refractivity (Wildman–Crippen MR) is 268 cm³/mol. The van der Waals surface area contributed by atoms with Gasteiger partial charge in [-0.15, -0.1) is 0 Å². The molecular weight excluding hydrogens is 889 g/mol. The highest BCUT2D eigenvalue weighted by atomic mass is 16.5. The number of phenols is 1. The van der Waals surface area contributed by atoms with E-state index in [0.29, 0.717) is 43.5 Å². The zero-order chi connectivity index (χ0) is 50.8. The van der Waals surface area contributed by atoms with E-state index >= 15 is 0 Å². The Morgan fingerprint density at radius 2 is 1.79 bits per heavy atom. The summed E-state index contributed by atoms with van der Waals surface area (Å²) >= 11 is 0. The summed E-state index contributed by atoms with van der Waals surface area (Å²) in [7, 11) is 5.09. The fourth-order valence-electron chi connectivity index (χ4n) is 10.3. The van der Waals surface area contributed by atoms with Gasteiger partial charge in [0, 0.05) is 73.8 Å². The van der Waals surface area contributed by atoms with Gasteiger partial charge in [-0.2, -0.15) is 0 Å². The van der Waals surface area contributed by atoms with Crippen molar-refractivity contribution in [2.75, 3.05) is 53.9 Å². The van der Waals surface area contributed by atoms with Crippen LogP contribution in [0, 0.1) is 23.2 Å². The lowest BCUT2D eigenvalue weighted by Crippen LogP contribution is -2.63. The second kappa shape index (κ2) is 21.0. The molecule has 2 aromatic carbocycles. The van der Waals surface area contributed by atoms with Gasteiger partial charge in [0.2, 0.25) is 5.91 Å². The molecule has 5 heterocycles. The number of nitrogens with zero attached hydrogens (tertiary/aromatic N) is 6. The molecular formula is C54H70N8O8. The van der Waals surface area contributed by atoms with Crippen molar-refractivity contribution in [2.24, 2.45) is 11.3 Å². The summed E-state index contributed by atoms with van der Waals surface area (Å²) in [6.07, 6.45) is 5.11. The lowest BCUT2D eigenvalue weighted by molar-refractivity contribution is -0.156. The average molecular weight is 959 g/mol. The molecule has 0 radical (unpaired) electrons. The number of benzene rings is 2. The van der Waals surface area contributed by atoms with Crippen molar-refractivity contribution >= 4 is 40.5 Å². The Balaban J connectivity index is 1.27. The van der Waals surface area contributed by atoms with Gasteiger partial charge in [-0.1, -0.05) is 59.6 Å². The van der Waals surface area contributed by atoms with E-state index in [9.17, 15) is 34.2 Å². The lowest BCUT2D eigenvalue weighted by atomic mass is 9.83. The minimum atomic E-state index is -1.97. The molecule has 4 amide bonds. The summed E-state index contributed by atoms with van der Waals surface area (Å²) in [5.41, 5.74) is 8.05. The number of cyclic esters (lactones) is 1. The van der Waals surface area contributed by atoms with E-state index in [1.807, 2.05) is 43.5 Å². The number of β-amino-alcohol motifs (C(OH)–C–C–N with tert-alkyl or cyclic N) is 1. The second-order valence-corrected chi connectivity index (χ2v) is 21.0. The van der Waals surface area contributed by atoms with Crippen LogP contribution < -0.4 is 10.7 Å². The number of aromatic hydroxyl groups is 1.